The molecule has 0 N–H and O–H groups in total. The van der Waals surface area contributed by atoms with Crippen LogP contribution in [0, 0.1) is 0 Å². The van der Waals surface area contributed by atoms with Gasteiger partial charge in [-0.1, -0.05) is 28.1 Å². The van der Waals surface area contributed by atoms with Crippen molar-refractivity contribution in [2.24, 2.45) is 4.99 Å². The van der Waals surface area contributed by atoms with Gasteiger partial charge in [-0.15, -0.1) is 0 Å². The molecule has 1 aliphatic rings. The lowest BCUT2D eigenvalue weighted by atomic mass is 10.1. The third-order valence-corrected chi connectivity index (χ3v) is 2.24. The van der Waals surface area contributed by atoms with Gasteiger partial charge in [-0.05, 0) is 17.7 Å². The van der Waals surface area contributed by atoms with Crippen LogP contribution in [0.25, 0.3) is 0 Å². The highest BCUT2D eigenvalue weighted by Crippen LogP contribution is 2.23. The predicted molar refractivity (Wildman–Crippen MR) is 50.3 cm³/mol. The lowest BCUT2D eigenvalue weighted by Gasteiger charge is -2.04. The van der Waals surface area contributed by atoms with Gasteiger partial charge in [0.2, 0.25) is 0 Å². The lowest BCUT2D eigenvalue weighted by molar-refractivity contribution is 0.330. The second-order valence-corrected chi connectivity index (χ2v) is 3.52. The van der Waals surface area contributed by atoms with Crippen LogP contribution in [0.15, 0.2) is 33.7 Å². The molecular weight excluding hydrogens is 218 g/mol. The highest BCUT2D eigenvalue weighted by atomic mass is 79.9. The molecule has 3 heteroatoms. The molecule has 0 aliphatic carbocycles. The summed E-state index contributed by atoms with van der Waals surface area (Å²) in [5, 5.41) is 0. The fraction of sp³-hybridized carbons (Fsp3) is 0.222. The quantitative estimate of drug-likeness (QED) is 0.719. The van der Waals surface area contributed by atoms with Crippen molar-refractivity contribution in [1.82, 2.24) is 0 Å². The zero-order valence-electron chi connectivity index (χ0n) is 6.33. The average Bonchev–Trinajstić information content (AvgIpc) is 2.56. The molecule has 0 amide bonds. The van der Waals surface area contributed by atoms with Crippen molar-refractivity contribution < 1.29 is 4.74 Å². The van der Waals surface area contributed by atoms with Crippen LogP contribution in [0.5, 0.6) is 0 Å². The molecular formula is C9H7BrNO. The Morgan fingerprint density at radius 1 is 1.58 bits per heavy atom. The highest BCUT2D eigenvalue weighted by Gasteiger charge is 2.14. The average molecular weight is 225 g/mol. The Labute approximate surface area is 79.4 Å². The van der Waals surface area contributed by atoms with E-state index in [1.807, 2.05) is 24.3 Å². The summed E-state index contributed by atoms with van der Waals surface area (Å²) in [6.07, 6.45) is 2.50. The zero-order valence-corrected chi connectivity index (χ0v) is 7.91. The van der Waals surface area contributed by atoms with Gasteiger partial charge in [-0.3, -0.25) is 0 Å². The molecule has 0 bridgehead atoms. The first-order valence-corrected chi connectivity index (χ1v) is 4.47. The molecule has 1 heterocycles. The monoisotopic (exact) mass is 224 g/mol. The summed E-state index contributed by atoms with van der Waals surface area (Å²) in [7, 11) is 0. The maximum atomic E-state index is 4.92. The van der Waals surface area contributed by atoms with Gasteiger partial charge in [0.1, 0.15) is 12.6 Å². The molecule has 61 valence electrons. The van der Waals surface area contributed by atoms with Gasteiger partial charge in [0.15, 0.2) is 0 Å². The van der Waals surface area contributed by atoms with Crippen molar-refractivity contribution in [2.75, 3.05) is 6.61 Å². The summed E-state index contributed by atoms with van der Waals surface area (Å²) in [6, 6.07) is 8.20. The van der Waals surface area contributed by atoms with E-state index in [2.05, 4.69) is 27.3 Å². The Morgan fingerprint density at radius 2 is 2.50 bits per heavy atom. The van der Waals surface area contributed by atoms with Crippen LogP contribution in [-0.4, -0.2) is 13.0 Å². The normalized spacial score (nSPS) is 20.9. The van der Waals surface area contributed by atoms with Crippen LogP contribution >= 0.6 is 15.9 Å². The first kappa shape index (κ1) is 7.80. The molecule has 12 heavy (non-hydrogen) atoms. The smallest absolute Gasteiger partial charge is 0.273 e. The molecule has 0 aromatic heterocycles. The van der Waals surface area contributed by atoms with E-state index in [0.717, 1.165) is 10.0 Å². The minimum atomic E-state index is 0.127. The SMILES string of the molecule is Brc1cccc(C2CO[C]=N2)c1. The van der Waals surface area contributed by atoms with Crippen molar-refractivity contribution in [3.8, 4) is 0 Å². The number of aliphatic imine (C=N–C) groups is 1. The standard InChI is InChI=1S/C9H7BrNO/c10-8-3-1-2-7(4-8)9-5-12-6-11-9/h1-4,9H,5H2. The first-order valence-electron chi connectivity index (χ1n) is 3.68. The topological polar surface area (TPSA) is 21.6 Å². The van der Waals surface area contributed by atoms with Crippen LogP contribution in [-0.2, 0) is 4.74 Å². The van der Waals surface area contributed by atoms with Gasteiger partial charge >= 0.3 is 0 Å². The molecule has 1 aromatic carbocycles. The van der Waals surface area contributed by atoms with Crippen molar-refractivity contribution in [1.29, 1.82) is 0 Å². The molecule has 0 spiro atoms. The van der Waals surface area contributed by atoms with E-state index in [0.29, 0.717) is 6.61 Å². The maximum Gasteiger partial charge on any atom is 0.273 e. The highest BCUT2D eigenvalue weighted by molar-refractivity contribution is 9.10. The summed E-state index contributed by atoms with van der Waals surface area (Å²) in [5.41, 5.74) is 1.16. The van der Waals surface area contributed by atoms with E-state index in [1.165, 1.54) is 0 Å². The summed E-state index contributed by atoms with van der Waals surface area (Å²) in [4.78, 5) is 4.05. The van der Waals surface area contributed by atoms with Crippen LogP contribution in [0.4, 0.5) is 0 Å². The third kappa shape index (κ3) is 1.50. The Bertz CT molecular complexity index is 311. The van der Waals surface area contributed by atoms with Gasteiger partial charge < -0.3 is 4.74 Å². The van der Waals surface area contributed by atoms with E-state index >= 15 is 0 Å². The number of ether oxygens (including phenoxy) is 1. The zero-order chi connectivity index (χ0) is 8.39. The molecule has 1 radical (unpaired) electrons. The van der Waals surface area contributed by atoms with Crippen molar-refractivity contribution in [3.05, 3.63) is 34.3 Å². The molecule has 1 unspecified atom stereocenters. The van der Waals surface area contributed by atoms with Gasteiger partial charge in [0.25, 0.3) is 6.40 Å². The van der Waals surface area contributed by atoms with Crippen molar-refractivity contribution in [2.45, 2.75) is 6.04 Å². The summed E-state index contributed by atoms with van der Waals surface area (Å²) >= 11 is 3.41. The fourth-order valence-corrected chi connectivity index (χ4v) is 1.56. The van der Waals surface area contributed by atoms with Crippen LogP contribution in [0.3, 0.4) is 0 Å². The number of benzene rings is 1. The van der Waals surface area contributed by atoms with Gasteiger partial charge in [0.05, 0.1) is 0 Å². The van der Waals surface area contributed by atoms with E-state index < -0.39 is 0 Å². The number of rotatable bonds is 1. The Kier molecular flexibility index (Phi) is 2.13. The minimum absolute atomic E-state index is 0.127. The van der Waals surface area contributed by atoms with E-state index in [4.69, 9.17) is 4.74 Å². The number of hydrogen-bond donors (Lipinski definition) is 0. The van der Waals surface area contributed by atoms with Crippen molar-refractivity contribution in [3.63, 3.8) is 0 Å². The summed E-state index contributed by atoms with van der Waals surface area (Å²) in [6.45, 7) is 0.608. The molecule has 2 nitrogen and oxygen atoms in total. The number of halogens is 1. The summed E-state index contributed by atoms with van der Waals surface area (Å²) in [5.74, 6) is 0. The van der Waals surface area contributed by atoms with E-state index in [9.17, 15) is 0 Å². The molecule has 0 fully saturated rings. The molecule has 1 atom stereocenters. The van der Waals surface area contributed by atoms with E-state index in [1.54, 1.807) is 0 Å². The maximum absolute atomic E-state index is 4.92. The van der Waals surface area contributed by atoms with E-state index in [-0.39, 0.29) is 6.04 Å². The predicted octanol–water partition coefficient (Wildman–Crippen LogP) is 2.43. The molecule has 2 rings (SSSR count). The Hall–Kier alpha value is -0.830. The Morgan fingerprint density at radius 3 is 3.17 bits per heavy atom. The molecule has 1 aromatic rings. The molecule has 0 saturated heterocycles. The van der Waals surface area contributed by atoms with Gasteiger partial charge in [0, 0.05) is 4.47 Å². The largest absolute Gasteiger partial charge is 0.471 e. The lowest BCUT2D eigenvalue weighted by Crippen LogP contribution is -1.96. The van der Waals surface area contributed by atoms with Gasteiger partial charge in [-0.2, -0.15) is 0 Å². The van der Waals surface area contributed by atoms with Crippen LogP contribution in [0.1, 0.15) is 11.6 Å². The second-order valence-electron chi connectivity index (χ2n) is 2.60. The van der Waals surface area contributed by atoms with Crippen LogP contribution in [0.2, 0.25) is 0 Å². The van der Waals surface area contributed by atoms with Gasteiger partial charge in [-0.25, -0.2) is 4.99 Å². The minimum Gasteiger partial charge on any atom is -0.471 e. The van der Waals surface area contributed by atoms with Crippen molar-refractivity contribution >= 4 is 22.3 Å². The second kappa shape index (κ2) is 3.27. The first-order chi connectivity index (χ1) is 5.86. The molecule has 0 saturated carbocycles. The Balaban J connectivity index is 2.27. The number of hydrogen-bond acceptors (Lipinski definition) is 2. The fourth-order valence-electron chi connectivity index (χ4n) is 1.14. The summed E-state index contributed by atoms with van der Waals surface area (Å²) < 4.78 is 5.99. The third-order valence-electron chi connectivity index (χ3n) is 1.75. The molecule has 1 aliphatic heterocycles. The van der Waals surface area contributed by atoms with Crippen LogP contribution < -0.4 is 0 Å². The number of nitrogens with zero attached hydrogens (tertiary/aromatic N) is 1.